The second-order valence-corrected chi connectivity index (χ2v) is 8.36. The number of nitrogens with zero attached hydrogens (tertiary/aromatic N) is 5. The monoisotopic (exact) mass is 399 g/mol. The van der Waals surface area contributed by atoms with Crippen LogP contribution in [-0.4, -0.2) is 53.6 Å². The number of hydrogen-bond acceptors (Lipinski definition) is 6. The second kappa shape index (κ2) is 6.86. The topological polar surface area (TPSA) is 102 Å². The van der Waals surface area contributed by atoms with E-state index in [1.807, 2.05) is 0 Å². The number of nitro groups is 1. The van der Waals surface area contributed by atoms with E-state index in [-0.39, 0.29) is 23.7 Å². The van der Waals surface area contributed by atoms with Gasteiger partial charge in [-0.2, -0.15) is 9.40 Å². The summed E-state index contributed by atoms with van der Waals surface area (Å²) in [7, 11) is -1.98. The van der Waals surface area contributed by atoms with Crippen molar-refractivity contribution in [3.63, 3.8) is 0 Å². The van der Waals surface area contributed by atoms with Gasteiger partial charge in [-0.25, -0.2) is 13.1 Å². The van der Waals surface area contributed by atoms with Crippen molar-refractivity contribution in [1.29, 1.82) is 0 Å². The SMILES string of the molecule is Cc1nn(C)c(N2CCN(S(=O)(=O)c3ccc(Cl)cc3)CC2)c1[N+](=O)[O-]. The first-order valence-corrected chi connectivity index (χ1v) is 9.72. The summed E-state index contributed by atoms with van der Waals surface area (Å²) in [4.78, 5) is 12.9. The Morgan fingerprint density at radius 3 is 2.27 bits per heavy atom. The summed E-state index contributed by atoms with van der Waals surface area (Å²) in [6.45, 7) is 2.72. The molecule has 1 aliphatic heterocycles. The van der Waals surface area contributed by atoms with E-state index < -0.39 is 14.9 Å². The Hall–Kier alpha value is -2.17. The first kappa shape index (κ1) is 18.6. The summed E-state index contributed by atoms with van der Waals surface area (Å²) in [6, 6.07) is 6.01. The number of hydrogen-bond donors (Lipinski definition) is 0. The van der Waals surface area contributed by atoms with Crippen molar-refractivity contribution in [3.8, 4) is 0 Å². The average molecular weight is 400 g/mol. The second-order valence-electron chi connectivity index (χ2n) is 5.98. The number of aromatic nitrogens is 2. The van der Waals surface area contributed by atoms with Gasteiger partial charge in [0.15, 0.2) is 0 Å². The van der Waals surface area contributed by atoms with E-state index in [1.54, 1.807) is 18.9 Å². The zero-order valence-corrected chi connectivity index (χ0v) is 15.9. The van der Waals surface area contributed by atoms with Crippen molar-refractivity contribution >= 4 is 33.1 Å². The molecule has 0 atom stereocenters. The van der Waals surface area contributed by atoms with Gasteiger partial charge in [0.25, 0.3) is 0 Å². The summed E-state index contributed by atoms with van der Waals surface area (Å²) >= 11 is 5.81. The largest absolute Gasteiger partial charge is 0.348 e. The normalized spacial score (nSPS) is 16.0. The molecule has 0 aliphatic carbocycles. The van der Waals surface area contributed by atoms with E-state index in [4.69, 9.17) is 11.6 Å². The third-order valence-electron chi connectivity index (χ3n) is 4.33. The third kappa shape index (κ3) is 3.27. The van der Waals surface area contributed by atoms with Crippen molar-refractivity contribution in [2.45, 2.75) is 11.8 Å². The van der Waals surface area contributed by atoms with E-state index in [9.17, 15) is 18.5 Å². The Labute approximate surface area is 156 Å². The summed E-state index contributed by atoms with van der Waals surface area (Å²) in [5, 5.41) is 15.9. The number of rotatable bonds is 4. The molecule has 1 saturated heterocycles. The number of anilines is 1. The highest BCUT2D eigenvalue weighted by Crippen LogP contribution is 2.32. The van der Waals surface area contributed by atoms with Crippen LogP contribution >= 0.6 is 11.6 Å². The maximum absolute atomic E-state index is 12.7. The molecule has 0 radical (unpaired) electrons. The minimum Gasteiger partial charge on any atom is -0.348 e. The van der Waals surface area contributed by atoms with E-state index >= 15 is 0 Å². The van der Waals surface area contributed by atoms with Gasteiger partial charge in [-0.15, -0.1) is 0 Å². The molecule has 9 nitrogen and oxygen atoms in total. The molecule has 1 aliphatic rings. The van der Waals surface area contributed by atoms with Crippen LogP contribution in [0.25, 0.3) is 0 Å². The molecule has 1 fully saturated rings. The fourth-order valence-electron chi connectivity index (χ4n) is 3.10. The molecule has 3 rings (SSSR count). The van der Waals surface area contributed by atoms with Crippen molar-refractivity contribution < 1.29 is 13.3 Å². The van der Waals surface area contributed by atoms with Gasteiger partial charge in [-0.1, -0.05) is 11.6 Å². The van der Waals surface area contributed by atoms with Gasteiger partial charge in [-0.3, -0.25) is 10.1 Å². The van der Waals surface area contributed by atoms with Crippen molar-refractivity contribution in [3.05, 3.63) is 45.1 Å². The Kier molecular flexibility index (Phi) is 4.91. The number of halogens is 1. The Morgan fingerprint density at radius 1 is 1.15 bits per heavy atom. The van der Waals surface area contributed by atoms with Crippen LogP contribution in [-0.2, 0) is 17.1 Å². The molecule has 1 aromatic heterocycles. The molecule has 140 valence electrons. The molecule has 0 amide bonds. The zero-order chi connectivity index (χ0) is 19.1. The summed E-state index contributed by atoms with van der Waals surface area (Å²) in [6.07, 6.45) is 0. The fraction of sp³-hybridized carbons (Fsp3) is 0.400. The lowest BCUT2D eigenvalue weighted by atomic mass is 10.3. The van der Waals surface area contributed by atoms with Crippen LogP contribution in [0, 0.1) is 17.0 Å². The molecule has 0 saturated carbocycles. The van der Waals surface area contributed by atoms with Crippen LogP contribution in [0.5, 0.6) is 0 Å². The first-order valence-electron chi connectivity index (χ1n) is 7.90. The summed E-state index contributed by atoms with van der Waals surface area (Å²) < 4.78 is 28.3. The van der Waals surface area contributed by atoms with Gasteiger partial charge in [0.2, 0.25) is 15.8 Å². The Balaban J connectivity index is 1.80. The molecule has 2 aromatic rings. The van der Waals surface area contributed by atoms with E-state index in [1.165, 1.54) is 33.3 Å². The maximum atomic E-state index is 12.7. The molecule has 26 heavy (non-hydrogen) atoms. The van der Waals surface area contributed by atoms with Gasteiger partial charge >= 0.3 is 5.69 Å². The minimum atomic E-state index is -3.62. The van der Waals surface area contributed by atoms with Gasteiger partial charge < -0.3 is 4.90 Å². The standard InChI is InChI=1S/C15H18ClN5O4S/c1-11-14(21(22)23)15(18(2)17-11)19-7-9-20(10-8-19)26(24,25)13-5-3-12(16)4-6-13/h3-6H,7-10H2,1-2H3. The van der Waals surface area contributed by atoms with Gasteiger partial charge in [0.1, 0.15) is 5.69 Å². The van der Waals surface area contributed by atoms with Crippen molar-refractivity contribution in [2.24, 2.45) is 7.05 Å². The number of piperazine rings is 1. The molecule has 0 spiro atoms. The molecule has 0 N–H and O–H groups in total. The fourth-order valence-corrected chi connectivity index (χ4v) is 4.65. The molecule has 0 unspecified atom stereocenters. The number of sulfonamides is 1. The van der Waals surface area contributed by atoms with Gasteiger partial charge in [0, 0.05) is 38.2 Å². The quantitative estimate of drug-likeness (QED) is 0.573. The molecule has 11 heteroatoms. The highest BCUT2D eigenvalue weighted by molar-refractivity contribution is 7.89. The van der Waals surface area contributed by atoms with Crippen LogP contribution in [0.1, 0.15) is 5.69 Å². The lowest BCUT2D eigenvalue weighted by Crippen LogP contribution is -2.49. The first-order chi connectivity index (χ1) is 12.2. The lowest BCUT2D eigenvalue weighted by Gasteiger charge is -2.34. The van der Waals surface area contributed by atoms with Gasteiger partial charge in [0.05, 0.1) is 9.82 Å². The summed E-state index contributed by atoms with van der Waals surface area (Å²) in [5.74, 6) is 0.399. The van der Waals surface area contributed by atoms with Crippen LogP contribution in [0.4, 0.5) is 11.5 Å². The Bertz CT molecular complexity index is 934. The van der Waals surface area contributed by atoms with Crippen molar-refractivity contribution in [1.82, 2.24) is 14.1 Å². The van der Waals surface area contributed by atoms with Crippen LogP contribution < -0.4 is 4.90 Å². The third-order valence-corrected chi connectivity index (χ3v) is 6.50. The smallest absolute Gasteiger partial charge is 0.333 e. The molecular formula is C15H18ClN5O4S. The number of benzene rings is 1. The summed E-state index contributed by atoms with van der Waals surface area (Å²) in [5.41, 5.74) is 0.297. The average Bonchev–Trinajstić information content (AvgIpc) is 2.89. The molecule has 0 bridgehead atoms. The van der Waals surface area contributed by atoms with E-state index in [2.05, 4.69) is 5.10 Å². The molecule has 2 heterocycles. The molecular weight excluding hydrogens is 382 g/mol. The van der Waals surface area contributed by atoms with Crippen LogP contribution in [0.2, 0.25) is 5.02 Å². The molecule has 1 aromatic carbocycles. The Morgan fingerprint density at radius 2 is 1.73 bits per heavy atom. The lowest BCUT2D eigenvalue weighted by molar-refractivity contribution is -0.384. The minimum absolute atomic E-state index is 0.0403. The van der Waals surface area contributed by atoms with E-state index in [0.717, 1.165) is 0 Å². The van der Waals surface area contributed by atoms with Gasteiger partial charge in [-0.05, 0) is 31.2 Å². The van der Waals surface area contributed by atoms with Crippen molar-refractivity contribution in [2.75, 3.05) is 31.1 Å². The van der Waals surface area contributed by atoms with Crippen LogP contribution in [0.3, 0.4) is 0 Å². The predicted octanol–water partition coefficient (Wildman–Crippen LogP) is 1.80. The highest BCUT2D eigenvalue weighted by Gasteiger charge is 2.33. The van der Waals surface area contributed by atoms with E-state index in [0.29, 0.717) is 29.6 Å². The van der Waals surface area contributed by atoms with Crippen LogP contribution in [0.15, 0.2) is 29.2 Å². The maximum Gasteiger partial charge on any atom is 0.333 e. The highest BCUT2D eigenvalue weighted by atomic mass is 35.5. The zero-order valence-electron chi connectivity index (χ0n) is 14.3. The number of aryl methyl sites for hydroxylation is 2. The predicted molar refractivity (Wildman–Crippen MR) is 97.0 cm³/mol.